The van der Waals surface area contributed by atoms with Crippen molar-refractivity contribution in [1.29, 1.82) is 0 Å². The molecule has 10 nitrogen and oxygen atoms in total. The Balaban J connectivity index is 1.66. The van der Waals surface area contributed by atoms with E-state index in [9.17, 15) is 4.79 Å². The lowest BCUT2D eigenvalue weighted by Crippen LogP contribution is -2.65. The average molecular weight is 442 g/mol. The van der Waals surface area contributed by atoms with E-state index in [4.69, 9.17) is 5.73 Å². The Labute approximate surface area is 189 Å². The lowest BCUT2D eigenvalue weighted by atomic mass is 9.96. The van der Waals surface area contributed by atoms with Crippen LogP contribution in [0.5, 0.6) is 0 Å². The molecule has 174 valence electrons. The molecule has 0 spiro atoms. The molecule has 2 aromatic rings. The molecule has 2 aliphatic rings. The number of piperazine rings is 1. The van der Waals surface area contributed by atoms with E-state index < -0.39 is 5.54 Å². The highest BCUT2D eigenvalue weighted by Crippen LogP contribution is 2.43. The van der Waals surface area contributed by atoms with Crippen LogP contribution in [-0.4, -0.2) is 86.7 Å². The van der Waals surface area contributed by atoms with Gasteiger partial charge >= 0.3 is 6.03 Å². The number of carbonyl (C=O) groups excluding carboxylic acids is 1. The standard InChI is InChI=1S/C22H35N9O/c1-13-10-29(8)21(2,3)12-30(13)20(32)31-11-15-16(26-27-17(15)22(31,4)5)14-9-24-19(28(6)7)25-18(14)23/h9,13H,10-12H2,1-8H3,(H,26,27)(H2,23,24,25)/t13-/m0/s1. The SMILES string of the molecule is C[C@H]1CN(C)C(C)(C)CN1C(=O)N1Cc2c(-c3cnc(N(C)C)nc3N)n[nH]c2C1(C)C. The minimum atomic E-state index is -0.524. The summed E-state index contributed by atoms with van der Waals surface area (Å²) < 4.78 is 0. The number of carbonyl (C=O) groups is 1. The lowest BCUT2D eigenvalue weighted by Gasteiger charge is -2.50. The van der Waals surface area contributed by atoms with Crippen LogP contribution in [0.25, 0.3) is 11.3 Å². The summed E-state index contributed by atoms with van der Waals surface area (Å²) in [4.78, 5) is 30.6. The zero-order valence-corrected chi connectivity index (χ0v) is 20.4. The van der Waals surface area contributed by atoms with Crippen molar-refractivity contribution < 1.29 is 4.79 Å². The van der Waals surface area contributed by atoms with Crippen molar-refractivity contribution in [2.75, 3.05) is 44.9 Å². The average Bonchev–Trinajstić information content (AvgIpc) is 3.23. The van der Waals surface area contributed by atoms with Crippen molar-refractivity contribution in [3.8, 4) is 11.3 Å². The number of H-pyrrole nitrogens is 1. The summed E-state index contributed by atoms with van der Waals surface area (Å²) in [6.07, 6.45) is 1.71. The molecule has 0 aliphatic carbocycles. The number of nitrogen functional groups attached to an aromatic ring is 1. The van der Waals surface area contributed by atoms with E-state index in [0.29, 0.717) is 36.1 Å². The van der Waals surface area contributed by atoms with Gasteiger partial charge in [0.15, 0.2) is 0 Å². The first-order valence-electron chi connectivity index (χ1n) is 11.0. The first kappa shape index (κ1) is 22.3. The van der Waals surface area contributed by atoms with E-state index >= 15 is 0 Å². The second-order valence-corrected chi connectivity index (χ2v) is 10.4. The third kappa shape index (κ3) is 3.37. The van der Waals surface area contributed by atoms with E-state index in [2.05, 4.69) is 66.7 Å². The van der Waals surface area contributed by atoms with Crippen molar-refractivity contribution in [3.05, 3.63) is 17.5 Å². The van der Waals surface area contributed by atoms with Gasteiger partial charge in [0.1, 0.15) is 11.5 Å². The molecule has 3 N–H and O–H groups in total. The number of aromatic amines is 1. The molecule has 0 radical (unpaired) electrons. The van der Waals surface area contributed by atoms with Gasteiger partial charge in [0.05, 0.1) is 23.3 Å². The number of fused-ring (bicyclic) bond motifs is 1. The zero-order valence-electron chi connectivity index (χ0n) is 20.4. The number of hydrogen-bond donors (Lipinski definition) is 2. The number of nitrogens with one attached hydrogen (secondary N) is 1. The fraction of sp³-hybridized carbons (Fsp3) is 0.636. The van der Waals surface area contributed by atoms with Crippen LogP contribution in [-0.2, 0) is 12.1 Å². The molecule has 1 saturated heterocycles. The molecule has 0 aromatic carbocycles. The van der Waals surface area contributed by atoms with Crippen LogP contribution in [0.4, 0.5) is 16.6 Å². The zero-order chi connectivity index (χ0) is 23.6. The molecule has 10 heteroatoms. The maximum atomic E-state index is 13.8. The minimum absolute atomic E-state index is 0.0476. The van der Waals surface area contributed by atoms with Gasteiger partial charge in [-0.25, -0.2) is 9.78 Å². The van der Waals surface area contributed by atoms with E-state index in [1.807, 2.05) is 23.9 Å². The smallest absolute Gasteiger partial charge is 0.321 e. The molecule has 0 bridgehead atoms. The summed E-state index contributed by atoms with van der Waals surface area (Å²) in [5, 5.41) is 7.71. The highest BCUT2D eigenvalue weighted by molar-refractivity contribution is 5.80. The monoisotopic (exact) mass is 441 g/mol. The molecule has 2 aromatic heterocycles. The summed E-state index contributed by atoms with van der Waals surface area (Å²) in [5.41, 5.74) is 8.94. The highest BCUT2D eigenvalue weighted by atomic mass is 16.2. The van der Waals surface area contributed by atoms with Gasteiger partial charge in [-0.2, -0.15) is 10.1 Å². The summed E-state index contributed by atoms with van der Waals surface area (Å²) in [6, 6.07) is 0.182. The van der Waals surface area contributed by atoms with E-state index in [1.54, 1.807) is 11.1 Å². The number of urea groups is 1. The van der Waals surface area contributed by atoms with Crippen molar-refractivity contribution in [1.82, 2.24) is 34.9 Å². The quantitative estimate of drug-likeness (QED) is 0.734. The number of nitrogens with two attached hydrogens (primary N) is 1. The fourth-order valence-corrected chi connectivity index (χ4v) is 4.68. The second-order valence-electron chi connectivity index (χ2n) is 10.4. The van der Waals surface area contributed by atoms with Gasteiger partial charge in [-0.15, -0.1) is 0 Å². The van der Waals surface area contributed by atoms with Crippen LogP contribution in [0.3, 0.4) is 0 Å². The van der Waals surface area contributed by atoms with E-state index in [-0.39, 0.29) is 17.6 Å². The predicted octanol–water partition coefficient (Wildman–Crippen LogP) is 2.10. The van der Waals surface area contributed by atoms with Crippen LogP contribution in [0.1, 0.15) is 45.9 Å². The van der Waals surface area contributed by atoms with Gasteiger partial charge < -0.3 is 20.4 Å². The normalized spacial score (nSPS) is 22.2. The number of hydrogen-bond acceptors (Lipinski definition) is 7. The Bertz CT molecular complexity index is 1040. The number of aromatic nitrogens is 4. The Hall–Kier alpha value is -2.88. The molecule has 0 saturated carbocycles. The Morgan fingerprint density at radius 2 is 1.97 bits per heavy atom. The van der Waals surface area contributed by atoms with E-state index in [1.165, 1.54) is 0 Å². The Morgan fingerprint density at radius 3 is 2.59 bits per heavy atom. The summed E-state index contributed by atoms with van der Waals surface area (Å²) in [6.45, 7) is 12.6. The predicted molar refractivity (Wildman–Crippen MR) is 125 cm³/mol. The first-order chi connectivity index (χ1) is 14.8. The Kier molecular flexibility index (Phi) is 5.11. The Morgan fingerprint density at radius 1 is 1.28 bits per heavy atom. The number of anilines is 2. The second kappa shape index (κ2) is 7.33. The number of nitrogens with zero attached hydrogens (tertiary/aromatic N) is 7. The summed E-state index contributed by atoms with van der Waals surface area (Å²) in [7, 11) is 5.86. The number of likely N-dealkylation sites (N-methyl/N-ethyl adjacent to an activating group) is 1. The van der Waals surface area contributed by atoms with Gasteiger partial charge in [-0.1, -0.05) is 0 Å². The molecular weight excluding hydrogens is 406 g/mol. The largest absolute Gasteiger partial charge is 0.383 e. The molecule has 2 amide bonds. The van der Waals surface area contributed by atoms with Crippen LogP contribution < -0.4 is 10.6 Å². The minimum Gasteiger partial charge on any atom is -0.383 e. The van der Waals surface area contributed by atoms with E-state index in [0.717, 1.165) is 17.8 Å². The third-order valence-corrected chi connectivity index (χ3v) is 7.07. The molecule has 0 unspecified atom stereocenters. The lowest BCUT2D eigenvalue weighted by molar-refractivity contribution is 0.00695. The van der Waals surface area contributed by atoms with Crippen LogP contribution in [0.2, 0.25) is 0 Å². The topological polar surface area (TPSA) is 111 Å². The number of rotatable bonds is 2. The summed E-state index contributed by atoms with van der Waals surface area (Å²) >= 11 is 0. The van der Waals surface area contributed by atoms with Gasteiger partial charge in [-0.3, -0.25) is 10.00 Å². The molecule has 4 heterocycles. The maximum absolute atomic E-state index is 13.8. The van der Waals surface area contributed by atoms with Gasteiger partial charge in [0, 0.05) is 50.5 Å². The van der Waals surface area contributed by atoms with Crippen molar-refractivity contribution in [2.45, 2.75) is 58.3 Å². The summed E-state index contributed by atoms with van der Waals surface area (Å²) in [5.74, 6) is 0.914. The third-order valence-electron chi connectivity index (χ3n) is 7.07. The molecule has 2 aliphatic heterocycles. The fourth-order valence-electron chi connectivity index (χ4n) is 4.68. The van der Waals surface area contributed by atoms with Crippen LogP contribution in [0, 0.1) is 0 Å². The van der Waals surface area contributed by atoms with Gasteiger partial charge in [0.2, 0.25) is 5.95 Å². The maximum Gasteiger partial charge on any atom is 0.321 e. The molecular formula is C22H35N9O. The van der Waals surface area contributed by atoms with Gasteiger partial charge in [-0.05, 0) is 41.7 Å². The van der Waals surface area contributed by atoms with Crippen LogP contribution >= 0.6 is 0 Å². The van der Waals surface area contributed by atoms with Crippen molar-refractivity contribution >= 4 is 17.8 Å². The number of amides is 2. The molecule has 4 rings (SSSR count). The highest BCUT2D eigenvalue weighted by Gasteiger charge is 2.47. The molecule has 32 heavy (non-hydrogen) atoms. The van der Waals surface area contributed by atoms with Gasteiger partial charge in [0.25, 0.3) is 0 Å². The van der Waals surface area contributed by atoms with Crippen molar-refractivity contribution in [3.63, 3.8) is 0 Å². The first-order valence-corrected chi connectivity index (χ1v) is 11.0. The van der Waals surface area contributed by atoms with Crippen molar-refractivity contribution in [2.24, 2.45) is 0 Å². The molecule has 1 fully saturated rings. The van der Waals surface area contributed by atoms with Crippen LogP contribution in [0.15, 0.2) is 6.20 Å². The molecule has 1 atom stereocenters.